The Morgan fingerprint density at radius 1 is 0.509 bits per heavy atom. The van der Waals surface area contributed by atoms with Gasteiger partial charge in [-0.1, -0.05) is 148 Å². The number of phenols is 2. The van der Waals surface area contributed by atoms with E-state index >= 15 is 0 Å². The van der Waals surface area contributed by atoms with Gasteiger partial charge in [0, 0.05) is 28.1 Å². The van der Waals surface area contributed by atoms with Crippen LogP contribution >= 0.6 is 0 Å². The Kier molecular flexibility index (Phi) is 34.2. The van der Waals surface area contributed by atoms with Crippen molar-refractivity contribution in [2.75, 3.05) is 14.2 Å². The van der Waals surface area contributed by atoms with Crippen molar-refractivity contribution in [1.29, 1.82) is 0 Å². The first-order valence-corrected chi connectivity index (χ1v) is 21.0. The summed E-state index contributed by atoms with van der Waals surface area (Å²) in [5.41, 5.74) is 3.00. The summed E-state index contributed by atoms with van der Waals surface area (Å²) in [4.78, 5) is 21.7. The van der Waals surface area contributed by atoms with Crippen LogP contribution in [0.3, 0.4) is 0 Å². The Bertz CT molecular complexity index is 1190. The van der Waals surface area contributed by atoms with Crippen LogP contribution in [0.25, 0.3) is 0 Å². The molecule has 0 heterocycles. The highest BCUT2D eigenvalue weighted by Gasteiger charge is 2.27. The molecule has 0 bridgehead atoms. The minimum Gasteiger partial charge on any atom is -0.508 e. The molecule has 57 heavy (non-hydrogen) atoms. The fourth-order valence-electron chi connectivity index (χ4n) is 3.64. The number of esters is 1. The predicted octanol–water partition coefficient (Wildman–Crippen LogP) is 14.3. The second-order valence-electron chi connectivity index (χ2n) is 17.7. The van der Waals surface area contributed by atoms with E-state index in [1.807, 2.05) is 107 Å². The first-order valence-electron chi connectivity index (χ1n) is 21.0. The summed E-state index contributed by atoms with van der Waals surface area (Å²) in [6, 6.07) is 14.9. The van der Waals surface area contributed by atoms with Crippen molar-refractivity contribution in [2.24, 2.45) is 10.8 Å². The molecule has 2 aromatic carbocycles. The highest BCUT2D eigenvalue weighted by Crippen LogP contribution is 2.29. The zero-order valence-electron chi connectivity index (χ0n) is 41.2. The lowest BCUT2D eigenvalue weighted by Crippen LogP contribution is -2.31. The Balaban J connectivity index is -0.000000197. The third-order valence-corrected chi connectivity index (χ3v) is 9.70. The summed E-state index contributed by atoms with van der Waals surface area (Å²) < 4.78 is 15.1. The van der Waals surface area contributed by atoms with Gasteiger partial charge >= 0.3 is 11.9 Å². The minimum atomic E-state index is -0.819. The van der Waals surface area contributed by atoms with E-state index in [9.17, 15) is 9.59 Å². The lowest BCUT2D eigenvalue weighted by Gasteiger charge is -2.26. The van der Waals surface area contributed by atoms with Crippen LogP contribution in [-0.4, -0.2) is 52.9 Å². The molecule has 0 aliphatic carbocycles. The van der Waals surface area contributed by atoms with Crippen molar-refractivity contribution in [2.45, 2.75) is 206 Å². The molecule has 3 N–H and O–H groups in total. The smallest absolute Gasteiger partial charge is 0.308 e. The van der Waals surface area contributed by atoms with E-state index in [-0.39, 0.29) is 39.7 Å². The van der Waals surface area contributed by atoms with Gasteiger partial charge < -0.3 is 29.5 Å². The maximum atomic E-state index is 11.5. The molecule has 0 unspecified atom stereocenters. The number of hydrogen-bond acceptors (Lipinski definition) is 7. The fraction of sp³-hybridized carbons (Fsp3) is 0.714. The van der Waals surface area contributed by atoms with Crippen LogP contribution in [0.15, 0.2) is 48.5 Å². The average molecular weight is 809 g/mol. The highest BCUT2D eigenvalue weighted by atomic mass is 16.7. The molecule has 0 aromatic heterocycles. The third kappa shape index (κ3) is 35.8. The van der Waals surface area contributed by atoms with Gasteiger partial charge in [-0.2, -0.15) is 0 Å². The first kappa shape index (κ1) is 63.1. The summed E-state index contributed by atoms with van der Waals surface area (Å²) in [5.74, 6) is -1.05. The van der Waals surface area contributed by atoms with Gasteiger partial charge in [0.25, 0.3) is 0 Å². The van der Waals surface area contributed by atoms with Gasteiger partial charge in [0.15, 0.2) is 0 Å². The molecule has 336 valence electrons. The van der Waals surface area contributed by atoms with Gasteiger partial charge in [0.2, 0.25) is 5.79 Å². The SMILES string of the molecule is CC.CC.CCC(C)(C)CC(=O)O.CCC(C)(C)CC(=O)OC(C)(C)OC.CCC(C)(C)c1ccc(O)cc1.CCC(C)(C)c1ccc(O)cc1.COC(C)(C)C. The van der Waals surface area contributed by atoms with Crippen LogP contribution in [0.1, 0.15) is 195 Å². The number of ether oxygens (including phenoxy) is 3. The number of carboxylic acid groups (broad SMARTS) is 1. The number of carbonyl (C=O) groups is 2. The van der Waals surface area contributed by atoms with Crippen molar-refractivity contribution in [3.8, 4) is 11.5 Å². The number of benzene rings is 2. The van der Waals surface area contributed by atoms with Gasteiger partial charge in [-0.05, 0) is 90.7 Å². The molecule has 0 aliphatic rings. The van der Waals surface area contributed by atoms with Gasteiger partial charge in [-0.25, -0.2) is 0 Å². The summed E-state index contributed by atoms with van der Waals surface area (Å²) in [5, 5.41) is 26.6. The summed E-state index contributed by atoms with van der Waals surface area (Å²) >= 11 is 0. The average Bonchev–Trinajstić information content (AvgIpc) is 3.13. The molecule has 0 saturated heterocycles. The number of methoxy groups -OCH3 is 2. The zero-order chi connectivity index (χ0) is 46.5. The maximum Gasteiger partial charge on any atom is 0.308 e. The Morgan fingerprint density at radius 3 is 0.982 bits per heavy atom. The highest BCUT2D eigenvalue weighted by molar-refractivity contribution is 5.70. The lowest BCUT2D eigenvalue weighted by atomic mass is 9.82. The van der Waals surface area contributed by atoms with Crippen molar-refractivity contribution in [1.82, 2.24) is 0 Å². The lowest BCUT2D eigenvalue weighted by molar-refractivity contribution is -0.207. The number of carboxylic acids is 1. The Labute approximate surface area is 352 Å². The van der Waals surface area contributed by atoms with Gasteiger partial charge in [-0.15, -0.1) is 0 Å². The number of hydrogen-bond donors (Lipinski definition) is 3. The van der Waals surface area contributed by atoms with Crippen molar-refractivity contribution in [3.05, 3.63) is 59.7 Å². The van der Waals surface area contributed by atoms with Crippen LogP contribution in [0.4, 0.5) is 0 Å². The Hall–Kier alpha value is -3.10. The monoisotopic (exact) mass is 809 g/mol. The van der Waals surface area contributed by atoms with Gasteiger partial charge in [-0.3, -0.25) is 9.59 Å². The van der Waals surface area contributed by atoms with Gasteiger partial charge in [0.1, 0.15) is 11.5 Å². The fourth-order valence-corrected chi connectivity index (χ4v) is 3.64. The predicted molar refractivity (Wildman–Crippen MR) is 244 cm³/mol. The molecular formula is C49H92O8. The molecule has 0 atom stereocenters. The van der Waals surface area contributed by atoms with E-state index in [0.717, 1.165) is 25.7 Å². The third-order valence-electron chi connectivity index (χ3n) is 9.70. The summed E-state index contributed by atoms with van der Waals surface area (Å²) in [6.45, 7) is 42.8. The number of carbonyl (C=O) groups excluding carboxylic acids is 1. The topological polar surface area (TPSA) is 123 Å². The van der Waals surface area contributed by atoms with E-state index in [1.165, 1.54) is 18.2 Å². The number of aromatic hydroxyl groups is 2. The van der Waals surface area contributed by atoms with Gasteiger partial charge in [0.05, 0.1) is 18.4 Å². The van der Waals surface area contributed by atoms with E-state index in [0.29, 0.717) is 17.9 Å². The van der Waals surface area contributed by atoms with Crippen molar-refractivity contribution >= 4 is 11.9 Å². The number of rotatable bonds is 12. The first-order chi connectivity index (χ1) is 25.9. The van der Waals surface area contributed by atoms with Crippen LogP contribution < -0.4 is 0 Å². The van der Waals surface area contributed by atoms with E-state index < -0.39 is 11.8 Å². The second-order valence-corrected chi connectivity index (χ2v) is 17.7. The molecule has 8 nitrogen and oxygen atoms in total. The maximum absolute atomic E-state index is 11.5. The second kappa shape index (κ2) is 30.9. The van der Waals surface area contributed by atoms with E-state index in [1.54, 1.807) is 45.2 Å². The van der Waals surface area contributed by atoms with Crippen molar-refractivity contribution < 1.29 is 39.1 Å². The largest absolute Gasteiger partial charge is 0.508 e. The molecule has 0 amide bonds. The van der Waals surface area contributed by atoms with E-state index in [4.69, 9.17) is 29.5 Å². The number of phenolic OH excluding ortho intramolecular Hbond substituents is 2. The molecule has 2 rings (SSSR count). The van der Waals surface area contributed by atoms with Crippen LogP contribution in [0.5, 0.6) is 11.5 Å². The summed E-state index contributed by atoms with van der Waals surface area (Å²) in [7, 11) is 3.23. The molecule has 0 radical (unpaired) electrons. The molecule has 2 aromatic rings. The van der Waals surface area contributed by atoms with Crippen molar-refractivity contribution in [3.63, 3.8) is 0 Å². The number of aliphatic carboxylic acids is 1. The Morgan fingerprint density at radius 2 is 0.789 bits per heavy atom. The molecular weight excluding hydrogens is 717 g/mol. The molecule has 0 spiro atoms. The standard InChI is InChI=1S/C11H22O3.2C11H16O.C7H14O2.C5H12O.2C2H6/c1-7-10(2,3)8-9(12)14-11(4,5)13-6;2*1-4-11(2,3)9-5-7-10(12)8-6-9;1-4-7(2,3)5-6(8)9;1-5(2,3)6-4;2*1-2/h7-8H2,1-6H3;2*5-8,12H,4H2,1-3H3;4-5H2,1-3H3,(H,8,9);1-4H3;2*1-2H3. The minimum absolute atomic E-state index is 0.000898. The van der Waals surface area contributed by atoms with Crippen LogP contribution in [0, 0.1) is 10.8 Å². The quantitative estimate of drug-likeness (QED) is 0.143. The molecule has 8 heteroatoms. The normalized spacial score (nSPS) is 11.3. The molecule has 0 fully saturated rings. The van der Waals surface area contributed by atoms with Crippen LogP contribution in [0.2, 0.25) is 0 Å². The van der Waals surface area contributed by atoms with E-state index in [2.05, 4.69) is 48.5 Å². The molecule has 0 aliphatic heterocycles. The zero-order valence-corrected chi connectivity index (χ0v) is 41.2. The molecule has 0 saturated carbocycles. The summed E-state index contributed by atoms with van der Waals surface area (Å²) in [6.07, 6.45) is 4.78. The van der Waals surface area contributed by atoms with Crippen LogP contribution in [-0.2, 0) is 34.6 Å².